The lowest BCUT2D eigenvalue weighted by Crippen LogP contribution is -2.22. The highest BCUT2D eigenvalue weighted by Gasteiger charge is 2.10. The lowest BCUT2D eigenvalue weighted by atomic mass is 10.2. The van der Waals surface area contributed by atoms with Crippen LogP contribution in [0, 0.1) is 13.8 Å². The van der Waals surface area contributed by atoms with Crippen molar-refractivity contribution in [2.45, 2.75) is 26.8 Å². The molecule has 0 atom stereocenters. The van der Waals surface area contributed by atoms with Crippen molar-refractivity contribution in [3.05, 3.63) is 17.0 Å². The molecule has 0 radical (unpaired) electrons. The van der Waals surface area contributed by atoms with Gasteiger partial charge in [0, 0.05) is 12.1 Å². The smallest absolute Gasteiger partial charge is 0.138 e. The Morgan fingerprint density at radius 3 is 2.67 bits per heavy atom. The Kier molecular flexibility index (Phi) is 4.78. The predicted molar refractivity (Wildman–Crippen MR) is 60.9 cm³/mol. The highest BCUT2D eigenvalue weighted by Crippen LogP contribution is 2.13. The van der Waals surface area contributed by atoms with Crippen LogP contribution in [0.15, 0.2) is 4.52 Å². The fourth-order valence-corrected chi connectivity index (χ4v) is 1.60. The van der Waals surface area contributed by atoms with Crippen LogP contribution in [0.25, 0.3) is 0 Å². The Labute approximate surface area is 91.6 Å². The van der Waals surface area contributed by atoms with Crippen LogP contribution in [0.3, 0.4) is 0 Å². The van der Waals surface area contributed by atoms with Gasteiger partial charge in [-0.25, -0.2) is 0 Å². The maximum Gasteiger partial charge on any atom is 0.138 e. The van der Waals surface area contributed by atoms with E-state index >= 15 is 0 Å². The van der Waals surface area contributed by atoms with Gasteiger partial charge < -0.3 is 14.7 Å². The first kappa shape index (κ1) is 12.2. The van der Waals surface area contributed by atoms with Crippen molar-refractivity contribution in [3.8, 4) is 0 Å². The first-order chi connectivity index (χ1) is 7.15. The third-order valence-corrected chi connectivity index (χ3v) is 2.58. The predicted octanol–water partition coefficient (Wildman–Crippen LogP) is 1.33. The second kappa shape index (κ2) is 5.88. The van der Waals surface area contributed by atoms with E-state index in [-0.39, 0.29) is 0 Å². The van der Waals surface area contributed by atoms with Gasteiger partial charge in [-0.05, 0) is 47.5 Å². The van der Waals surface area contributed by atoms with Crippen molar-refractivity contribution < 1.29 is 4.52 Å². The second-order valence-corrected chi connectivity index (χ2v) is 4.00. The molecule has 1 rings (SSSR count). The molecule has 0 saturated carbocycles. The minimum Gasteiger partial charge on any atom is -0.361 e. The Morgan fingerprint density at radius 1 is 1.40 bits per heavy atom. The molecule has 1 N–H and O–H groups in total. The average molecular weight is 211 g/mol. The molecule has 1 aromatic heterocycles. The molecule has 0 aliphatic heterocycles. The highest BCUT2D eigenvalue weighted by atomic mass is 16.5. The lowest BCUT2D eigenvalue weighted by Gasteiger charge is -2.15. The highest BCUT2D eigenvalue weighted by molar-refractivity contribution is 5.20. The molecule has 15 heavy (non-hydrogen) atoms. The summed E-state index contributed by atoms with van der Waals surface area (Å²) in [6.45, 7) is 7.03. The molecule has 0 aromatic carbocycles. The summed E-state index contributed by atoms with van der Waals surface area (Å²) in [6, 6.07) is 0. The van der Waals surface area contributed by atoms with Crippen LogP contribution in [0.1, 0.15) is 23.4 Å². The Bertz CT molecular complexity index is 277. The third kappa shape index (κ3) is 3.64. The van der Waals surface area contributed by atoms with Gasteiger partial charge in [0.25, 0.3) is 0 Å². The molecule has 0 aliphatic carbocycles. The molecule has 0 bridgehead atoms. The minimum absolute atomic E-state index is 0.922. The molecule has 1 heterocycles. The molecular formula is C11H21N3O. The van der Waals surface area contributed by atoms with Crippen LogP contribution in [0.5, 0.6) is 0 Å². The quantitative estimate of drug-likeness (QED) is 0.721. The van der Waals surface area contributed by atoms with E-state index in [1.807, 2.05) is 20.9 Å². The van der Waals surface area contributed by atoms with Crippen LogP contribution in [0.4, 0.5) is 0 Å². The summed E-state index contributed by atoms with van der Waals surface area (Å²) in [6.07, 6.45) is 1.16. The summed E-state index contributed by atoms with van der Waals surface area (Å²) >= 11 is 0. The van der Waals surface area contributed by atoms with E-state index in [0.717, 1.165) is 37.5 Å². The van der Waals surface area contributed by atoms with Crippen LogP contribution >= 0.6 is 0 Å². The number of aryl methyl sites for hydroxylation is 2. The first-order valence-corrected chi connectivity index (χ1v) is 5.40. The topological polar surface area (TPSA) is 41.3 Å². The second-order valence-electron chi connectivity index (χ2n) is 4.00. The zero-order valence-corrected chi connectivity index (χ0v) is 10.1. The van der Waals surface area contributed by atoms with E-state index in [1.54, 1.807) is 0 Å². The van der Waals surface area contributed by atoms with Crippen LogP contribution in [-0.2, 0) is 6.54 Å². The van der Waals surface area contributed by atoms with Crippen molar-refractivity contribution in [2.24, 2.45) is 0 Å². The zero-order chi connectivity index (χ0) is 11.3. The van der Waals surface area contributed by atoms with Crippen LogP contribution < -0.4 is 5.32 Å². The molecule has 86 valence electrons. The number of nitrogens with one attached hydrogen (secondary N) is 1. The summed E-state index contributed by atoms with van der Waals surface area (Å²) < 4.78 is 5.13. The number of nitrogens with zero attached hydrogens (tertiary/aromatic N) is 2. The van der Waals surface area contributed by atoms with Crippen molar-refractivity contribution in [1.29, 1.82) is 0 Å². The summed E-state index contributed by atoms with van der Waals surface area (Å²) in [5.74, 6) is 0.938. The largest absolute Gasteiger partial charge is 0.361 e. The van der Waals surface area contributed by atoms with E-state index in [4.69, 9.17) is 4.52 Å². The molecule has 0 amide bonds. The molecule has 0 saturated heterocycles. The monoisotopic (exact) mass is 211 g/mol. The zero-order valence-electron chi connectivity index (χ0n) is 10.1. The van der Waals surface area contributed by atoms with Gasteiger partial charge in [0.15, 0.2) is 0 Å². The van der Waals surface area contributed by atoms with E-state index in [0.29, 0.717) is 0 Å². The Balaban J connectivity index is 2.40. The molecule has 4 nitrogen and oxygen atoms in total. The maximum atomic E-state index is 5.13. The molecular weight excluding hydrogens is 190 g/mol. The van der Waals surface area contributed by atoms with Crippen molar-refractivity contribution >= 4 is 0 Å². The lowest BCUT2D eigenvalue weighted by molar-refractivity contribution is 0.317. The van der Waals surface area contributed by atoms with E-state index in [1.165, 1.54) is 5.56 Å². The van der Waals surface area contributed by atoms with Gasteiger partial charge in [0.2, 0.25) is 0 Å². The van der Waals surface area contributed by atoms with Crippen molar-refractivity contribution in [1.82, 2.24) is 15.4 Å². The summed E-state index contributed by atoms with van der Waals surface area (Å²) in [7, 11) is 4.11. The maximum absolute atomic E-state index is 5.13. The number of aromatic nitrogens is 1. The van der Waals surface area contributed by atoms with Gasteiger partial charge >= 0.3 is 0 Å². The van der Waals surface area contributed by atoms with Gasteiger partial charge in [-0.3, -0.25) is 0 Å². The van der Waals surface area contributed by atoms with Gasteiger partial charge in [-0.2, -0.15) is 0 Å². The van der Waals surface area contributed by atoms with Gasteiger partial charge in [0.05, 0.1) is 5.69 Å². The van der Waals surface area contributed by atoms with Gasteiger partial charge in [0.1, 0.15) is 5.76 Å². The van der Waals surface area contributed by atoms with E-state index < -0.39 is 0 Å². The normalized spacial score (nSPS) is 11.3. The fourth-order valence-electron chi connectivity index (χ4n) is 1.60. The number of hydrogen-bond donors (Lipinski definition) is 1. The van der Waals surface area contributed by atoms with Crippen molar-refractivity contribution in [3.63, 3.8) is 0 Å². The SMILES string of the molecule is CNCCCN(C)Cc1c(C)noc1C. The van der Waals surface area contributed by atoms with Crippen LogP contribution in [-0.4, -0.2) is 37.2 Å². The van der Waals surface area contributed by atoms with Gasteiger partial charge in [-0.15, -0.1) is 0 Å². The summed E-state index contributed by atoms with van der Waals surface area (Å²) in [5.41, 5.74) is 2.23. The molecule has 1 aromatic rings. The molecule has 4 heteroatoms. The molecule has 0 fully saturated rings. The standard InChI is InChI=1S/C11H21N3O/c1-9-11(10(2)15-13-9)8-14(4)7-5-6-12-3/h12H,5-8H2,1-4H3. The number of hydrogen-bond acceptors (Lipinski definition) is 4. The fraction of sp³-hybridized carbons (Fsp3) is 0.727. The molecule has 0 unspecified atom stereocenters. The molecule has 0 spiro atoms. The first-order valence-electron chi connectivity index (χ1n) is 5.40. The Morgan fingerprint density at radius 2 is 2.13 bits per heavy atom. The average Bonchev–Trinajstić information content (AvgIpc) is 2.50. The van der Waals surface area contributed by atoms with E-state index in [2.05, 4.69) is 22.4 Å². The van der Waals surface area contributed by atoms with E-state index in [9.17, 15) is 0 Å². The Hall–Kier alpha value is -0.870. The summed E-state index contributed by atoms with van der Waals surface area (Å²) in [5, 5.41) is 7.10. The third-order valence-electron chi connectivity index (χ3n) is 2.58. The van der Waals surface area contributed by atoms with Gasteiger partial charge in [-0.1, -0.05) is 5.16 Å². The summed E-state index contributed by atoms with van der Waals surface area (Å²) in [4.78, 5) is 2.30. The number of rotatable bonds is 6. The van der Waals surface area contributed by atoms with Crippen LogP contribution in [0.2, 0.25) is 0 Å². The van der Waals surface area contributed by atoms with Crippen molar-refractivity contribution in [2.75, 3.05) is 27.2 Å². The minimum atomic E-state index is 0.922. The molecule has 0 aliphatic rings.